The van der Waals surface area contributed by atoms with Crippen LogP contribution in [0.1, 0.15) is 6.92 Å². The molecule has 1 fully saturated rings. The summed E-state index contributed by atoms with van der Waals surface area (Å²) in [5, 5.41) is -1.37. The van der Waals surface area contributed by atoms with Gasteiger partial charge in [0.1, 0.15) is 5.25 Å². The van der Waals surface area contributed by atoms with Crippen LogP contribution in [0, 0.1) is 0 Å². The standard InChI is InChI=1S/C16H19N3O4S/c1-12(15(20)19-7-9-23-10-8-19)24(21,22)16-17-11-14(18-16)13-5-3-2-4-6-13/h2-6,11-12H,7-10H2,1H3,(H,17,18)/t12-/m0/s1. The summed E-state index contributed by atoms with van der Waals surface area (Å²) in [5.41, 5.74) is 1.43. The van der Waals surface area contributed by atoms with Crippen molar-refractivity contribution in [2.75, 3.05) is 26.3 Å². The molecule has 2 aromatic rings. The van der Waals surface area contributed by atoms with Crippen LogP contribution >= 0.6 is 0 Å². The minimum absolute atomic E-state index is 0.185. The van der Waals surface area contributed by atoms with Crippen LogP contribution in [0.15, 0.2) is 41.7 Å². The lowest BCUT2D eigenvalue weighted by Crippen LogP contribution is -2.47. The molecule has 1 aliphatic heterocycles. The van der Waals surface area contributed by atoms with Crippen LogP contribution < -0.4 is 0 Å². The first-order valence-electron chi connectivity index (χ1n) is 7.71. The molecule has 1 amide bonds. The summed E-state index contributed by atoms with van der Waals surface area (Å²) in [5.74, 6) is -0.420. The Bertz CT molecular complexity index is 811. The van der Waals surface area contributed by atoms with Crippen molar-refractivity contribution in [3.63, 3.8) is 0 Å². The largest absolute Gasteiger partial charge is 0.378 e. The van der Waals surface area contributed by atoms with Crippen LogP contribution in [0.2, 0.25) is 0 Å². The van der Waals surface area contributed by atoms with Crippen LogP contribution in [-0.4, -0.2) is 60.7 Å². The van der Waals surface area contributed by atoms with E-state index in [-0.39, 0.29) is 5.16 Å². The maximum absolute atomic E-state index is 12.7. The lowest BCUT2D eigenvalue weighted by molar-refractivity contribution is -0.134. The number of carbonyl (C=O) groups is 1. The number of sulfone groups is 1. The first-order chi connectivity index (χ1) is 11.5. The number of morpholine rings is 1. The lowest BCUT2D eigenvalue weighted by Gasteiger charge is -2.28. The van der Waals surface area contributed by atoms with E-state index < -0.39 is 21.0 Å². The van der Waals surface area contributed by atoms with Gasteiger partial charge in [-0.3, -0.25) is 4.79 Å². The molecule has 128 valence electrons. The normalized spacial score (nSPS) is 16.8. The number of amides is 1. The van der Waals surface area contributed by atoms with Gasteiger partial charge in [-0.25, -0.2) is 13.4 Å². The first kappa shape index (κ1) is 16.7. The molecule has 0 spiro atoms. The Morgan fingerprint density at radius 3 is 2.58 bits per heavy atom. The van der Waals surface area contributed by atoms with Crippen molar-refractivity contribution in [3.8, 4) is 11.3 Å². The quantitative estimate of drug-likeness (QED) is 0.892. The second-order valence-electron chi connectivity index (χ2n) is 5.59. The summed E-state index contributed by atoms with van der Waals surface area (Å²) >= 11 is 0. The second-order valence-corrected chi connectivity index (χ2v) is 7.78. The highest BCUT2D eigenvalue weighted by molar-refractivity contribution is 7.92. The number of rotatable bonds is 4. The zero-order valence-electron chi connectivity index (χ0n) is 13.3. The number of carbonyl (C=O) groups excluding carboxylic acids is 1. The summed E-state index contributed by atoms with van der Waals surface area (Å²) in [6, 6.07) is 9.29. The Morgan fingerprint density at radius 1 is 1.25 bits per heavy atom. The Morgan fingerprint density at radius 2 is 1.92 bits per heavy atom. The molecule has 1 aromatic carbocycles. The molecule has 1 atom stereocenters. The SMILES string of the molecule is C[C@@H](C(=O)N1CCOCC1)S(=O)(=O)c1ncc(-c2ccccc2)[nH]1. The van der Waals surface area contributed by atoms with Crippen molar-refractivity contribution in [1.29, 1.82) is 0 Å². The molecule has 1 aliphatic rings. The van der Waals surface area contributed by atoms with Gasteiger partial charge in [0.25, 0.3) is 0 Å². The fourth-order valence-electron chi connectivity index (χ4n) is 2.55. The summed E-state index contributed by atoms with van der Waals surface area (Å²) in [4.78, 5) is 20.8. The highest BCUT2D eigenvalue weighted by Gasteiger charge is 2.35. The monoisotopic (exact) mass is 349 g/mol. The summed E-state index contributed by atoms with van der Waals surface area (Å²) in [6.45, 7) is 3.07. The molecular formula is C16H19N3O4S. The lowest BCUT2D eigenvalue weighted by atomic mass is 10.2. The van der Waals surface area contributed by atoms with E-state index in [0.29, 0.717) is 32.0 Å². The number of ether oxygens (including phenoxy) is 1. The second kappa shape index (κ2) is 6.74. The molecule has 24 heavy (non-hydrogen) atoms. The molecule has 0 aliphatic carbocycles. The smallest absolute Gasteiger partial charge is 0.241 e. The van der Waals surface area contributed by atoms with Gasteiger partial charge >= 0.3 is 0 Å². The van der Waals surface area contributed by atoms with Crippen LogP contribution in [0.25, 0.3) is 11.3 Å². The molecule has 1 aromatic heterocycles. The topological polar surface area (TPSA) is 92.4 Å². The molecule has 1 N–H and O–H groups in total. The van der Waals surface area contributed by atoms with Gasteiger partial charge in [-0.1, -0.05) is 30.3 Å². The fourth-order valence-corrected chi connectivity index (χ4v) is 3.75. The molecule has 2 heterocycles. The van der Waals surface area contributed by atoms with Crippen molar-refractivity contribution in [2.24, 2.45) is 0 Å². The Hall–Kier alpha value is -2.19. The number of H-pyrrole nitrogens is 1. The maximum atomic E-state index is 12.7. The number of hydrogen-bond acceptors (Lipinski definition) is 5. The molecule has 8 heteroatoms. The van der Waals surface area contributed by atoms with Gasteiger partial charge in [0.2, 0.25) is 20.9 Å². The highest BCUT2D eigenvalue weighted by atomic mass is 32.2. The number of benzene rings is 1. The Kier molecular flexibility index (Phi) is 4.68. The number of aromatic nitrogens is 2. The predicted octanol–water partition coefficient (Wildman–Crippen LogP) is 1.10. The molecular weight excluding hydrogens is 330 g/mol. The first-order valence-corrected chi connectivity index (χ1v) is 9.25. The van der Waals surface area contributed by atoms with Gasteiger partial charge in [0.05, 0.1) is 25.1 Å². The third-order valence-electron chi connectivity index (χ3n) is 4.04. The molecule has 0 radical (unpaired) electrons. The van der Waals surface area contributed by atoms with E-state index in [9.17, 15) is 13.2 Å². The molecule has 7 nitrogen and oxygen atoms in total. The highest BCUT2D eigenvalue weighted by Crippen LogP contribution is 2.21. The van der Waals surface area contributed by atoms with Gasteiger partial charge in [0, 0.05) is 13.1 Å². The van der Waals surface area contributed by atoms with Crippen LogP contribution in [-0.2, 0) is 19.4 Å². The number of hydrogen-bond donors (Lipinski definition) is 1. The third-order valence-corrected chi connectivity index (χ3v) is 5.92. The maximum Gasteiger partial charge on any atom is 0.241 e. The van der Waals surface area contributed by atoms with Crippen molar-refractivity contribution in [1.82, 2.24) is 14.9 Å². The van der Waals surface area contributed by atoms with Crippen molar-refractivity contribution in [2.45, 2.75) is 17.3 Å². The van der Waals surface area contributed by atoms with E-state index in [1.807, 2.05) is 30.3 Å². The Labute approximate surface area is 140 Å². The van der Waals surface area contributed by atoms with E-state index in [4.69, 9.17) is 4.74 Å². The summed E-state index contributed by atoms with van der Waals surface area (Å²) < 4.78 is 30.6. The number of nitrogens with one attached hydrogen (secondary N) is 1. The average molecular weight is 349 g/mol. The average Bonchev–Trinajstić information content (AvgIpc) is 3.13. The van der Waals surface area contributed by atoms with Crippen LogP contribution in [0.5, 0.6) is 0 Å². The predicted molar refractivity (Wildman–Crippen MR) is 88.1 cm³/mol. The van der Waals surface area contributed by atoms with E-state index in [0.717, 1.165) is 5.56 Å². The van der Waals surface area contributed by atoms with Gasteiger partial charge in [0.15, 0.2) is 0 Å². The molecule has 1 saturated heterocycles. The van der Waals surface area contributed by atoms with Gasteiger partial charge in [-0.15, -0.1) is 0 Å². The number of imidazole rings is 1. The van der Waals surface area contributed by atoms with E-state index in [2.05, 4.69) is 9.97 Å². The van der Waals surface area contributed by atoms with Crippen LogP contribution in [0.4, 0.5) is 0 Å². The third kappa shape index (κ3) is 3.20. The van der Waals surface area contributed by atoms with E-state index in [1.54, 1.807) is 0 Å². The van der Waals surface area contributed by atoms with Gasteiger partial charge in [-0.05, 0) is 12.5 Å². The molecule has 0 saturated carbocycles. The fraction of sp³-hybridized carbons (Fsp3) is 0.375. The minimum atomic E-state index is -3.87. The minimum Gasteiger partial charge on any atom is -0.378 e. The summed E-state index contributed by atoms with van der Waals surface area (Å²) in [7, 11) is -3.87. The zero-order valence-corrected chi connectivity index (χ0v) is 14.1. The van der Waals surface area contributed by atoms with E-state index >= 15 is 0 Å². The Balaban J connectivity index is 1.82. The van der Waals surface area contributed by atoms with Crippen molar-refractivity contribution >= 4 is 15.7 Å². The van der Waals surface area contributed by atoms with E-state index in [1.165, 1.54) is 18.0 Å². The zero-order chi connectivity index (χ0) is 17.2. The van der Waals surface area contributed by atoms with Crippen molar-refractivity contribution < 1.29 is 17.9 Å². The van der Waals surface area contributed by atoms with Crippen molar-refractivity contribution in [3.05, 3.63) is 36.5 Å². The van der Waals surface area contributed by atoms with Crippen LogP contribution in [0.3, 0.4) is 0 Å². The van der Waals surface area contributed by atoms with Gasteiger partial charge in [-0.2, -0.15) is 0 Å². The number of nitrogens with zero attached hydrogens (tertiary/aromatic N) is 2. The number of aromatic amines is 1. The summed E-state index contributed by atoms with van der Waals surface area (Å²) in [6.07, 6.45) is 1.47. The van der Waals surface area contributed by atoms with Gasteiger partial charge < -0.3 is 14.6 Å². The molecule has 0 unspecified atom stereocenters. The molecule has 3 rings (SSSR count). The molecule has 0 bridgehead atoms.